The van der Waals surface area contributed by atoms with Gasteiger partial charge in [0, 0.05) is 11.0 Å². The van der Waals surface area contributed by atoms with E-state index in [1.54, 1.807) is 6.92 Å². The number of esters is 1. The molecular weight excluding hydrogens is 236 g/mol. The topological polar surface area (TPSA) is 26.3 Å². The van der Waals surface area contributed by atoms with Gasteiger partial charge in [0.2, 0.25) is 0 Å². The second-order valence-corrected chi connectivity index (χ2v) is 6.45. The molecular formula is C17H22O2. The zero-order valence-electron chi connectivity index (χ0n) is 12.0. The van der Waals surface area contributed by atoms with E-state index in [-0.39, 0.29) is 16.8 Å². The molecule has 1 fully saturated rings. The second kappa shape index (κ2) is 4.84. The molecule has 2 rings (SSSR count). The summed E-state index contributed by atoms with van der Waals surface area (Å²) < 4.78 is 5.30. The first kappa shape index (κ1) is 13.9. The average molecular weight is 258 g/mol. The smallest absolute Gasteiger partial charge is 0.333 e. The summed E-state index contributed by atoms with van der Waals surface area (Å²) in [6.07, 6.45) is 2.10. The summed E-state index contributed by atoms with van der Waals surface area (Å²) >= 11 is 0. The lowest BCUT2D eigenvalue weighted by Crippen LogP contribution is -2.48. The Balaban J connectivity index is 1.94. The van der Waals surface area contributed by atoms with Crippen LogP contribution in [0.5, 0.6) is 0 Å². The van der Waals surface area contributed by atoms with Crippen LogP contribution in [0.3, 0.4) is 0 Å². The number of benzene rings is 1. The van der Waals surface area contributed by atoms with Gasteiger partial charge in [-0.3, -0.25) is 0 Å². The molecule has 1 saturated carbocycles. The van der Waals surface area contributed by atoms with E-state index in [0.29, 0.717) is 12.2 Å². The summed E-state index contributed by atoms with van der Waals surface area (Å²) in [5.41, 5.74) is 2.15. The highest BCUT2D eigenvalue weighted by Gasteiger charge is 2.50. The number of hydrogen-bond donors (Lipinski definition) is 0. The van der Waals surface area contributed by atoms with Crippen molar-refractivity contribution in [3.05, 3.63) is 48.0 Å². The predicted molar refractivity (Wildman–Crippen MR) is 76.9 cm³/mol. The van der Waals surface area contributed by atoms with Crippen molar-refractivity contribution in [2.75, 3.05) is 6.61 Å². The number of carbonyl (C=O) groups excluding carboxylic acids is 1. The molecule has 2 nitrogen and oxygen atoms in total. The van der Waals surface area contributed by atoms with Gasteiger partial charge in [0.1, 0.15) is 0 Å². The molecule has 1 aromatic rings. The summed E-state index contributed by atoms with van der Waals surface area (Å²) in [7, 11) is 0. The van der Waals surface area contributed by atoms with Gasteiger partial charge in [0.15, 0.2) is 0 Å². The van der Waals surface area contributed by atoms with Crippen molar-refractivity contribution in [2.24, 2.45) is 5.41 Å². The lowest BCUT2D eigenvalue weighted by molar-refractivity contribution is -0.146. The van der Waals surface area contributed by atoms with E-state index in [0.717, 1.165) is 12.8 Å². The van der Waals surface area contributed by atoms with Gasteiger partial charge in [-0.05, 0) is 30.7 Å². The molecule has 0 amide bonds. The zero-order valence-corrected chi connectivity index (χ0v) is 12.0. The van der Waals surface area contributed by atoms with Crippen molar-refractivity contribution in [1.82, 2.24) is 0 Å². The molecule has 0 spiro atoms. The maximum absolute atomic E-state index is 11.4. The van der Waals surface area contributed by atoms with Gasteiger partial charge in [-0.25, -0.2) is 4.79 Å². The fourth-order valence-electron chi connectivity index (χ4n) is 3.34. The molecule has 0 radical (unpaired) electrons. The monoisotopic (exact) mass is 258 g/mol. The average Bonchev–Trinajstić information content (AvgIpc) is 2.35. The molecule has 1 aliphatic carbocycles. The third kappa shape index (κ3) is 2.89. The zero-order chi connectivity index (χ0) is 14.1. The third-order valence-corrected chi connectivity index (χ3v) is 4.00. The summed E-state index contributed by atoms with van der Waals surface area (Å²) in [6.45, 7) is 10.2. The molecule has 102 valence electrons. The lowest BCUT2D eigenvalue weighted by atomic mass is 9.52. The molecule has 0 unspecified atom stereocenters. The third-order valence-electron chi connectivity index (χ3n) is 4.00. The van der Waals surface area contributed by atoms with E-state index in [1.807, 2.05) is 6.07 Å². The van der Waals surface area contributed by atoms with Gasteiger partial charge in [0.25, 0.3) is 0 Å². The summed E-state index contributed by atoms with van der Waals surface area (Å²) in [5, 5.41) is 0. The van der Waals surface area contributed by atoms with E-state index in [2.05, 4.69) is 44.7 Å². The van der Waals surface area contributed by atoms with Crippen LogP contribution in [0.1, 0.15) is 39.2 Å². The van der Waals surface area contributed by atoms with Gasteiger partial charge in [-0.2, -0.15) is 0 Å². The van der Waals surface area contributed by atoms with Crippen LogP contribution in [0.25, 0.3) is 0 Å². The molecule has 0 aliphatic heterocycles. The van der Waals surface area contributed by atoms with E-state index in [1.165, 1.54) is 5.56 Å². The van der Waals surface area contributed by atoms with Crippen LogP contribution in [-0.4, -0.2) is 12.6 Å². The molecule has 0 aromatic heterocycles. The van der Waals surface area contributed by atoms with Crippen molar-refractivity contribution >= 4 is 5.97 Å². The van der Waals surface area contributed by atoms with Crippen molar-refractivity contribution in [2.45, 2.75) is 39.0 Å². The molecule has 1 aromatic carbocycles. The van der Waals surface area contributed by atoms with Crippen LogP contribution in [0, 0.1) is 5.41 Å². The fourth-order valence-corrected chi connectivity index (χ4v) is 3.34. The largest absolute Gasteiger partial charge is 0.462 e. The predicted octanol–water partition coefficient (Wildman–Crippen LogP) is 3.86. The highest BCUT2D eigenvalue weighted by molar-refractivity contribution is 5.86. The molecule has 0 saturated heterocycles. The van der Waals surface area contributed by atoms with Crippen molar-refractivity contribution in [3.63, 3.8) is 0 Å². The maximum Gasteiger partial charge on any atom is 0.333 e. The Labute approximate surface area is 115 Å². The lowest BCUT2D eigenvalue weighted by Gasteiger charge is -2.53. The van der Waals surface area contributed by atoms with Crippen molar-refractivity contribution in [1.29, 1.82) is 0 Å². The van der Waals surface area contributed by atoms with Gasteiger partial charge < -0.3 is 4.74 Å². The summed E-state index contributed by atoms with van der Waals surface area (Å²) in [5.74, 6) is -0.283. The van der Waals surface area contributed by atoms with Crippen molar-refractivity contribution in [3.8, 4) is 0 Å². The molecule has 1 aliphatic rings. The minimum absolute atomic E-state index is 0.0930. The molecule has 0 bridgehead atoms. The first-order valence-electron chi connectivity index (χ1n) is 6.73. The van der Waals surface area contributed by atoms with Crippen molar-refractivity contribution < 1.29 is 9.53 Å². The first-order chi connectivity index (χ1) is 8.85. The molecule has 2 heteroatoms. The molecule has 0 N–H and O–H groups in total. The van der Waals surface area contributed by atoms with Crippen LogP contribution in [-0.2, 0) is 14.9 Å². The minimum atomic E-state index is -0.283. The van der Waals surface area contributed by atoms with E-state index >= 15 is 0 Å². The summed E-state index contributed by atoms with van der Waals surface area (Å²) in [6, 6.07) is 10.6. The number of hydrogen-bond acceptors (Lipinski definition) is 2. The summed E-state index contributed by atoms with van der Waals surface area (Å²) in [4.78, 5) is 11.4. The van der Waals surface area contributed by atoms with Gasteiger partial charge in [-0.1, -0.05) is 50.8 Å². The van der Waals surface area contributed by atoms with Crippen LogP contribution >= 0.6 is 0 Å². The van der Waals surface area contributed by atoms with E-state index in [9.17, 15) is 4.79 Å². The molecule has 19 heavy (non-hydrogen) atoms. The Hall–Kier alpha value is -1.57. The highest BCUT2D eigenvalue weighted by atomic mass is 16.5. The normalized spacial score (nSPS) is 29.4. The number of ether oxygens (including phenoxy) is 1. The van der Waals surface area contributed by atoms with Gasteiger partial charge in [-0.15, -0.1) is 0 Å². The Morgan fingerprint density at radius 3 is 2.37 bits per heavy atom. The van der Waals surface area contributed by atoms with E-state index in [4.69, 9.17) is 4.74 Å². The minimum Gasteiger partial charge on any atom is -0.462 e. The Morgan fingerprint density at radius 1 is 1.26 bits per heavy atom. The Bertz CT molecular complexity index is 481. The molecule has 0 atom stereocenters. The van der Waals surface area contributed by atoms with Gasteiger partial charge >= 0.3 is 5.97 Å². The quantitative estimate of drug-likeness (QED) is 0.605. The van der Waals surface area contributed by atoms with Crippen LogP contribution in [0.15, 0.2) is 42.5 Å². The fraction of sp³-hybridized carbons (Fsp3) is 0.471. The molecule has 0 heterocycles. The Kier molecular flexibility index (Phi) is 3.53. The van der Waals surface area contributed by atoms with Crippen LogP contribution in [0.4, 0.5) is 0 Å². The van der Waals surface area contributed by atoms with Crippen LogP contribution in [0.2, 0.25) is 0 Å². The van der Waals surface area contributed by atoms with Gasteiger partial charge in [0.05, 0.1) is 6.61 Å². The standard InChI is InChI=1S/C17H22O2/c1-13(2)15(18)19-12-16(3)10-17(4,11-16)14-8-6-5-7-9-14/h5-9H,1,10-12H2,2-4H3. The Morgan fingerprint density at radius 2 is 1.84 bits per heavy atom. The van der Waals surface area contributed by atoms with E-state index < -0.39 is 0 Å². The number of rotatable bonds is 4. The number of carbonyl (C=O) groups is 1. The highest BCUT2D eigenvalue weighted by Crippen LogP contribution is 2.55. The SMILES string of the molecule is C=C(C)C(=O)OCC1(C)CC(C)(c2ccccc2)C1. The second-order valence-electron chi connectivity index (χ2n) is 6.45. The first-order valence-corrected chi connectivity index (χ1v) is 6.73. The van der Waals surface area contributed by atoms with Crippen LogP contribution < -0.4 is 0 Å². The maximum atomic E-state index is 11.4.